The Morgan fingerprint density at radius 2 is 1.75 bits per heavy atom. The number of nitrogens with one attached hydrogen (secondary N) is 3. The Morgan fingerprint density at radius 3 is 2.46 bits per heavy atom. The van der Waals surface area contributed by atoms with Crippen molar-refractivity contribution in [2.45, 2.75) is 26.7 Å². The second-order valence-electron chi connectivity index (χ2n) is 6.37. The van der Waals surface area contributed by atoms with E-state index >= 15 is 0 Å². The van der Waals surface area contributed by atoms with Crippen LogP contribution in [0.2, 0.25) is 0 Å². The minimum Gasteiger partial charge on any atom is -0.486 e. The van der Waals surface area contributed by atoms with Crippen LogP contribution in [-0.2, 0) is 9.59 Å². The molecule has 1 aliphatic rings. The van der Waals surface area contributed by atoms with Gasteiger partial charge in [-0.2, -0.15) is 0 Å². The minimum absolute atomic E-state index is 0.0236. The number of hydrogen-bond acceptors (Lipinski definition) is 6. The number of likely N-dealkylation sites (N-methyl/N-ethyl adjacent to an activating group) is 1. The summed E-state index contributed by atoms with van der Waals surface area (Å²) in [7, 11) is 0. The number of fused-ring (bicyclic) bond motifs is 1. The molecule has 28 heavy (non-hydrogen) atoms. The van der Waals surface area contributed by atoms with Crippen LogP contribution in [0.25, 0.3) is 0 Å². The van der Waals surface area contributed by atoms with E-state index in [0.717, 1.165) is 12.8 Å². The maximum absolute atomic E-state index is 12.3. The molecular weight excluding hydrogens is 364 g/mol. The van der Waals surface area contributed by atoms with Gasteiger partial charge in [0.05, 0.1) is 13.1 Å². The molecule has 0 fully saturated rings. The SMILES string of the molecule is CCCCNC(=O)NC(=O)CN(CC)CC(=O)Nc1ccc2c(c1)OCCO2. The van der Waals surface area contributed by atoms with Gasteiger partial charge in [0.2, 0.25) is 11.8 Å². The average Bonchev–Trinajstić information content (AvgIpc) is 2.67. The van der Waals surface area contributed by atoms with Gasteiger partial charge in [-0.3, -0.25) is 19.8 Å². The zero-order valence-corrected chi connectivity index (χ0v) is 16.4. The molecule has 154 valence electrons. The van der Waals surface area contributed by atoms with Crippen LogP contribution in [0.4, 0.5) is 10.5 Å². The number of hydrogen-bond donors (Lipinski definition) is 3. The maximum Gasteiger partial charge on any atom is 0.321 e. The number of ether oxygens (including phenoxy) is 2. The van der Waals surface area contributed by atoms with E-state index < -0.39 is 11.9 Å². The second kappa shape index (κ2) is 11.1. The van der Waals surface area contributed by atoms with Crippen LogP contribution in [0, 0.1) is 0 Å². The standard InChI is InChI=1S/C19H28N4O5/c1-3-5-8-20-19(26)22-18(25)13-23(4-2)12-17(24)21-14-6-7-15-16(11-14)28-10-9-27-15/h6-7,11H,3-5,8-10,12-13H2,1-2H3,(H,21,24)(H2,20,22,25,26). The van der Waals surface area contributed by atoms with Crippen LogP contribution in [0.5, 0.6) is 11.5 Å². The molecule has 0 bridgehead atoms. The minimum atomic E-state index is -0.518. The predicted molar refractivity (Wildman–Crippen MR) is 105 cm³/mol. The number of carbonyl (C=O) groups excluding carboxylic acids is 3. The van der Waals surface area contributed by atoms with Crippen LogP contribution in [0.1, 0.15) is 26.7 Å². The van der Waals surface area contributed by atoms with E-state index in [-0.39, 0.29) is 19.0 Å². The molecule has 0 aromatic heterocycles. The van der Waals surface area contributed by atoms with E-state index in [0.29, 0.717) is 43.5 Å². The lowest BCUT2D eigenvalue weighted by molar-refractivity contribution is -0.122. The summed E-state index contributed by atoms with van der Waals surface area (Å²) in [5, 5.41) is 7.66. The lowest BCUT2D eigenvalue weighted by Crippen LogP contribution is -2.46. The molecular formula is C19H28N4O5. The Balaban J connectivity index is 1.79. The van der Waals surface area contributed by atoms with Crippen molar-refractivity contribution in [3.63, 3.8) is 0 Å². The smallest absolute Gasteiger partial charge is 0.321 e. The van der Waals surface area contributed by atoms with Gasteiger partial charge in [-0.05, 0) is 25.1 Å². The fraction of sp³-hybridized carbons (Fsp3) is 0.526. The highest BCUT2D eigenvalue weighted by molar-refractivity contribution is 5.96. The molecule has 2 rings (SSSR count). The zero-order chi connectivity index (χ0) is 20.4. The number of amides is 4. The van der Waals surface area contributed by atoms with E-state index in [1.165, 1.54) is 0 Å². The van der Waals surface area contributed by atoms with Gasteiger partial charge in [-0.1, -0.05) is 20.3 Å². The lowest BCUT2D eigenvalue weighted by atomic mass is 10.2. The van der Waals surface area contributed by atoms with Gasteiger partial charge in [-0.25, -0.2) is 4.79 Å². The van der Waals surface area contributed by atoms with E-state index in [2.05, 4.69) is 16.0 Å². The van der Waals surface area contributed by atoms with Gasteiger partial charge in [0.1, 0.15) is 13.2 Å². The van der Waals surface area contributed by atoms with Crippen molar-refractivity contribution >= 4 is 23.5 Å². The van der Waals surface area contributed by atoms with E-state index in [4.69, 9.17) is 9.47 Å². The normalized spacial score (nSPS) is 12.4. The monoisotopic (exact) mass is 392 g/mol. The third-order valence-electron chi connectivity index (χ3n) is 4.08. The van der Waals surface area contributed by atoms with Crippen molar-refractivity contribution in [1.29, 1.82) is 0 Å². The van der Waals surface area contributed by atoms with E-state index in [1.807, 2.05) is 13.8 Å². The van der Waals surface area contributed by atoms with Crippen molar-refractivity contribution in [3.8, 4) is 11.5 Å². The highest BCUT2D eigenvalue weighted by Crippen LogP contribution is 2.32. The molecule has 1 heterocycles. The zero-order valence-electron chi connectivity index (χ0n) is 16.4. The number of imide groups is 1. The van der Waals surface area contributed by atoms with Crippen molar-refractivity contribution in [1.82, 2.24) is 15.5 Å². The van der Waals surface area contributed by atoms with Gasteiger partial charge >= 0.3 is 6.03 Å². The molecule has 3 N–H and O–H groups in total. The summed E-state index contributed by atoms with van der Waals surface area (Å²) in [6, 6.07) is 4.66. The predicted octanol–water partition coefficient (Wildman–Crippen LogP) is 1.34. The first kappa shape index (κ1) is 21.5. The quantitative estimate of drug-likeness (QED) is 0.547. The van der Waals surface area contributed by atoms with Crippen molar-refractivity contribution < 1.29 is 23.9 Å². The first-order valence-electron chi connectivity index (χ1n) is 9.51. The third kappa shape index (κ3) is 7.07. The third-order valence-corrected chi connectivity index (χ3v) is 4.08. The fourth-order valence-electron chi connectivity index (χ4n) is 2.60. The van der Waals surface area contributed by atoms with Crippen LogP contribution in [0.3, 0.4) is 0 Å². The summed E-state index contributed by atoms with van der Waals surface area (Å²) in [5.41, 5.74) is 0.588. The molecule has 1 aliphatic heterocycles. The molecule has 0 radical (unpaired) electrons. The number of urea groups is 1. The average molecular weight is 392 g/mol. The van der Waals surface area contributed by atoms with E-state index in [9.17, 15) is 14.4 Å². The summed E-state index contributed by atoms with van der Waals surface area (Å²) in [5.74, 6) is 0.514. The summed E-state index contributed by atoms with van der Waals surface area (Å²) < 4.78 is 10.9. The maximum atomic E-state index is 12.3. The largest absolute Gasteiger partial charge is 0.486 e. The molecule has 9 nitrogen and oxygen atoms in total. The number of benzene rings is 1. The molecule has 0 spiro atoms. The number of anilines is 1. The topological polar surface area (TPSA) is 109 Å². The van der Waals surface area contributed by atoms with Gasteiger partial charge in [-0.15, -0.1) is 0 Å². The Bertz CT molecular complexity index is 695. The highest BCUT2D eigenvalue weighted by atomic mass is 16.6. The highest BCUT2D eigenvalue weighted by Gasteiger charge is 2.16. The van der Waals surface area contributed by atoms with Crippen LogP contribution in [0.15, 0.2) is 18.2 Å². The molecule has 0 atom stereocenters. The number of carbonyl (C=O) groups is 3. The van der Waals surface area contributed by atoms with Crippen molar-refractivity contribution in [2.24, 2.45) is 0 Å². The van der Waals surface area contributed by atoms with Crippen LogP contribution < -0.4 is 25.4 Å². The molecule has 1 aromatic carbocycles. The summed E-state index contributed by atoms with van der Waals surface area (Å²) in [4.78, 5) is 37.5. The summed E-state index contributed by atoms with van der Waals surface area (Å²) >= 11 is 0. The Kier molecular flexibility index (Phi) is 8.54. The number of rotatable bonds is 9. The number of unbranched alkanes of at least 4 members (excludes halogenated alkanes) is 1. The van der Waals surface area contributed by atoms with Crippen molar-refractivity contribution in [3.05, 3.63) is 18.2 Å². The van der Waals surface area contributed by atoms with Gasteiger partial charge in [0.25, 0.3) is 0 Å². The molecule has 1 aromatic rings. The van der Waals surface area contributed by atoms with E-state index in [1.54, 1.807) is 23.1 Å². The Morgan fingerprint density at radius 1 is 1.04 bits per heavy atom. The molecule has 0 aliphatic carbocycles. The molecule has 9 heteroatoms. The summed E-state index contributed by atoms with van der Waals surface area (Å²) in [6.45, 7) is 5.80. The van der Waals surface area contributed by atoms with Crippen molar-refractivity contribution in [2.75, 3.05) is 44.7 Å². The first-order chi connectivity index (χ1) is 13.5. The fourth-order valence-corrected chi connectivity index (χ4v) is 2.60. The lowest BCUT2D eigenvalue weighted by Gasteiger charge is -2.20. The second-order valence-corrected chi connectivity index (χ2v) is 6.37. The Labute approximate surface area is 164 Å². The summed E-state index contributed by atoms with van der Waals surface area (Å²) in [6.07, 6.45) is 1.80. The Hall–Kier alpha value is -2.81. The van der Waals surface area contributed by atoms with Crippen LogP contribution >= 0.6 is 0 Å². The molecule has 0 saturated heterocycles. The van der Waals surface area contributed by atoms with Gasteiger partial charge < -0.3 is 20.1 Å². The molecule has 0 unspecified atom stereocenters. The van der Waals surface area contributed by atoms with Gasteiger partial charge in [0.15, 0.2) is 11.5 Å². The molecule has 4 amide bonds. The number of nitrogens with zero attached hydrogens (tertiary/aromatic N) is 1. The first-order valence-corrected chi connectivity index (χ1v) is 9.51. The van der Waals surface area contributed by atoms with Crippen LogP contribution in [-0.4, -0.2) is 62.1 Å². The molecule has 0 saturated carbocycles. The van der Waals surface area contributed by atoms with Gasteiger partial charge in [0, 0.05) is 18.3 Å².